The molecule has 0 radical (unpaired) electrons. The minimum absolute atomic E-state index is 0.298. The Bertz CT molecular complexity index is 263. The molecular weight excluding hydrogens is 237 g/mol. The summed E-state index contributed by atoms with van der Waals surface area (Å²) in [5.41, 5.74) is 0.298. The summed E-state index contributed by atoms with van der Waals surface area (Å²) in [7, 11) is -0.715. The maximum atomic E-state index is 10.3. The zero-order valence-electron chi connectivity index (χ0n) is 9.33. The van der Waals surface area contributed by atoms with Crippen LogP contribution in [0.4, 0.5) is 0 Å². The predicted octanol–water partition coefficient (Wildman–Crippen LogP) is 0.0404. The summed E-state index contributed by atoms with van der Waals surface area (Å²) >= 11 is 0. The van der Waals surface area contributed by atoms with Crippen LogP contribution < -0.4 is 0 Å². The van der Waals surface area contributed by atoms with Crippen molar-refractivity contribution in [1.29, 1.82) is 0 Å². The van der Waals surface area contributed by atoms with Crippen LogP contribution in [0.25, 0.3) is 0 Å². The van der Waals surface area contributed by atoms with E-state index >= 15 is 0 Å². The van der Waals surface area contributed by atoms with Gasteiger partial charge in [-0.15, -0.1) is 0 Å². The van der Waals surface area contributed by atoms with Crippen LogP contribution in [0, 0.1) is 0 Å². The second-order valence-electron chi connectivity index (χ2n) is 3.33. The van der Waals surface area contributed by atoms with Gasteiger partial charge >= 0.3 is 13.8 Å². The molecule has 0 unspecified atom stereocenters. The number of rotatable bonds is 5. The highest BCUT2D eigenvalue weighted by Crippen LogP contribution is 2.25. The average molecular weight is 255 g/mol. The molecule has 0 aromatic heterocycles. The van der Waals surface area contributed by atoms with Crippen LogP contribution in [0.1, 0.15) is 12.8 Å². The Morgan fingerprint density at radius 1 is 1.31 bits per heavy atom. The Morgan fingerprint density at radius 2 is 1.69 bits per heavy atom. The molecule has 96 valence electrons. The summed E-state index contributed by atoms with van der Waals surface area (Å²) in [5, 5.41) is 8.43. The van der Waals surface area contributed by atoms with E-state index in [1.165, 1.54) is 0 Å². The summed E-state index contributed by atoms with van der Waals surface area (Å²) in [4.78, 5) is 33.8. The van der Waals surface area contributed by atoms with Gasteiger partial charge in [0.25, 0.3) is 0 Å². The fraction of sp³-hybridized carbons (Fsp3) is 0.625. The molecule has 0 aliphatic carbocycles. The number of phosphoric acid groups is 1. The number of hydrogen-bond donors (Lipinski definition) is 4. The minimum Gasteiger partial charge on any atom is -0.478 e. The number of nitrogens with zero attached hydrogens (tertiary/aromatic N) is 1. The molecule has 16 heavy (non-hydrogen) atoms. The molecule has 0 aliphatic heterocycles. The molecule has 8 heteroatoms. The van der Waals surface area contributed by atoms with E-state index in [0.29, 0.717) is 12.0 Å². The molecule has 0 atom stereocenters. The smallest absolute Gasteiger partial charge is 0.466 e. The Hall–Kier alpha value is -0.720. The molecule has 0 aliphatic rings. The third-order valence-corrected chi connectivity index (χ3v) is 1.39. The van der Waals surface area contributed by atoms with Crippen molar-refractivity contribution in [1.82, 2.24) is 4.90 Å². The van der Waals surface area contributed by atoms with Gasteiger partial charge in [-0.05, 0) is 33.5 Å². The summed E-state index contributed by atoms with van der Waals surface area (Å²) in [5.74, 6) is -0.885. The summed E-state index contributed by atoms with van der Waals surface area (Å²) < 4.78 is 8.88. The van der Waals surface area contributed by atoms with Gasteiger partial charge in [-0.1, -0.05) is 6.58 Å². The monoisotopic (exact) mass is 255 g/mol. The lowest BCUT2D eigenvalue weighted by atomic mass is 10.1. The van der Waals surface area contributed by atoms with E-state index in [9.17, 15) is 4.79 Å². The van der Waals surface area contributed by atoms with Crippen LogP contribution in [0.2, 0.25) is 0 Å². The highest BCUT2D eigenvalue weighted by molar-refractivity contribution is 7.45. The molecule has 0 spiro atoms. The zero-order valence-corrected chi connectivity index (χ0v) is 10.2. The highest BCUT2D eigenvalue weighted by atomic mass is 31.2. The summed E-state index contributed by atoms with van der Waals surface area (Å²) in [6.45, 7) is 4.34. The number of carboxylic acids is 1. The second-order valence-corrected chi connectivity index (χ2v) is 4.36. The Labute approximate surface area is 94.3 Å². The van der Waals surface area contributed by atoms with Gasteiger partial charge in [0.1, 0.15) is 0 Å². The number of aliphatic carboxylic acids is 1. The van der Waals surface area contributed by atoms with Crippen LogP contribution in [0.3, 0.4) is 0 Å². The molecule has 4 N–H and O–H groups in total. The van der Waals surface area contributed by atoms with Crippen molar-refractivity contribution in [3.8, 4) is 0 Å². The van der Waals surface area contributed by atoms with Gasteiger partial charge in [-0.2, -0.15) is 0 Å². The van der Waals surface area contributed by atoms with Crippen molar-refractivity contribution in [2.45, 2.75) is 12.8 Å². The highest BCUT2D eigenvalue weighted by Gasteiger charge is 2.02. The maximum absolute atomic E-state index is 10.3. The van der Waals surface area contributed by atoms with Crippen LogP contribution in [0.15, 0.2) is 12.2 Å². The lowest BCUT2D eigenvalue weighted by Crippen LogP contribution is -2.13. The normalized spacial score (nSPS) is 10.6. The van der Waals surface area contributed by atoms with E-state index < -0.39 is 13.8 Å². The molecular formula is C8H18NO6P. The van der Waals surface area contributed by atoms with Crippen molar-refractivity contribution in [3.63, 3.8) is 0 Å². The molecule has 0 amide bonds. The van der Waals surface area contributed by atoms with Crippen LogP contribution in [-0.4, -0.2) is 51.3 Å². The number of carbonyl (C=O) groups is 1. The van der Waals surface area contributed by atoms with E-state index in [-0.39, 0.29) is 0 Å². The third kappa shape index (κ3) is 23.3. The summed E-state index contributed by atoms with van der Waals surface area (Å²) in [6.07, 6.45) is 1.44. The Balaban J connectivity index is 0. The van der Waals surface area contributed by atoms with Crippen LogP contribution in [-0.2, 0) is 9.36 Å². The molecule has 0 aromatic rings. The van der Waals surface area contributed by atoms with Gasteiger partial charge in [0, 0.05) is 5.57 Å². The first-order chi connectivity index (χ1) is 7.04. The molecule has 0 saturated heterocycles. The van der Waals surface area contributed by atoms with E-state index in [0.717, 1.165) is 13.0 Å². The largest absolute Gasteiger partial charge is 0.478 e. The summed E-state index contributed by atoms with van der Waals surface area (Å²) in [6, 6.07) is 0. The van der Waals surface area contributed by atoms with E-state index in [1.807, 2.05) is 19.0 Å². The van der Waals surface area contributed by atoms with Crippen molar-refractivity contribution in [2.75, 3.05) is 20.6 Å². The first kappa shape index (κ1) is 17.7. The van der Waals surface area contributed by atoms with Crippen LogP contribution in [0.5, 0.6) is 0 Å². The van der Waals surface area contributed by atoms with Crippen molar-refractivity contribution >= 4 is 13.8 Å². The Kier molecular flexibility index (Phi) is 9.31. The van der Waals surface area contributed by atoms with Crippen molar-refractivity contribution in [2.24, 2.45) is 0 Å². The van der Waals surface area contributed by atoms with Crippen molar-refractivity contribution < 1.29 is 29.1 Å². The molecule has 0 fully saturated rings. The SMILES string of the molecule is C=C(CCCN(C)C)C(=O)O.O=P(O)(O)O. The van der Waals surface area contributed by atoms with E-state index in [4.69, 9.17) is 24.4 Å². The van der Waals surface area contributed by atoms with Gasteiger partial charge in [-0.3, -0.25) is 0 Å². The predicted molar refractivity (Wildman–Crippen MR) is 58.8 cm³/mol. The standard InChI is InChI=1S/C8H15NO2.H3O4P/c1-7(8(10)11)5-4-6-9(2)3;1-5(2,3)4/h1,4-6H2,2-3H3,(H,10,11);(H3,1,2,3,4). The van der Waals surface area contributed by atoms with E-state index in [1.54, 1.807) is 0 Å². The second kappa shape index (κ2) is 8.43. The van der Waals surface area contributed by atoms with Crippen LogP contribution >= 0.6 is 7.82 Å². The molecule has 0 heterocycles. The quantitative estimate of drug-likeness (QED) is 0.404. The Morgan fingerprint density at radius 3 is 1.94 bits per heavy atom. The van der Waals surface area contributed by atoms with E-state index in [2.05, 4.69) is 6.58 Å². The first-order valence-electron chi connectivity index (χ1n) is 4.38. The van der Waals surface area contributed by atoms with Gasteiger partial charge < -0.3 is 24.7 Å². The van der Waals surface area contributed by atoms with Gasteiger partial charge in [0.15, 0.2) is 0 Å². The molecule has 0 saturated carbocycles. The first-order valence-corrected chi connectivity index (χ1v) is 5.94. The molecule has 0 bridgehead atoms. The third-order valence-electron chi connectivity index (χ3n) is 1.39. The maximum Gasteiger partial charge on any atom is 0.466 e. The van der Waals surface area contributed by atoms with Gasteiger partial charge in [-0.25, -0.2) is 9.36 Å². The lowest BCUT2D eigenvalue weighted by molar-refractivity contribution is -0.132. The molecule has 7 nitrogen and oxygen atoms in total. The lowest BCUT2D eigenvalue weighted by Gasteiger charge is -2.08. The molecule has 0 aromatic carbocycles. The molecule has 0 rings (SSSR count). The minimum atomic E-state index is -4.64. The fourth-order valence-electron chi connectivity index (χ4n) is 0.716. The number of carboxylic acid groups (broad SMARTS) is 1. The topological polar surface area (TPSA) is 118 Å². The number of hydrogen-bond acceptors (Lipinski definition) is 3. The van der Waals surface area contributed by atoms with Gasteiger partial charge in [0.05, 0.1) is 0 Å². The van der Waals surface area contributed by atoms with Crippen molar-refractivity contribution in [3.05, 3.63) is 12.2 Å². The zero-order chi connectivity index (χ0) is 13.4. The fourth-order valence-corrected chi connectivity index (χ4v) is 0.716. The van der Waals surface area contributed by atoms with Gasteiger partial charge in [0.2, 0.25) is 0 Å². The average Bonchev–Trinajstić information content (AvgIpc) is 1.99.